The van der Waals surface area contributed by atoms with Gasteiger partial charge in [-0.15, -0.1) is 0 Å². The van der Waals surface area contributed by atoms with Crippen LogP contribution in [0, 0.1) is 5.92 Å². The molecule has 0 unspecified atom stereocenters. The molecule has 1 fully saturated rings. The number of nitrogens with zero attached hydrogens (tertiary/aromatic N) is 1. The molecule has 1 amide bonds. The molecule has 0 spiro atoms. The van der Waals surface area contributed by atoms with E-state index in [1.807, 2.05) is 60.7 Å². The van der Waals surface area contributed by atoms with E-state index in [9.17, 15) is 4.79 Å². The number of carbonyl (C=O) groups is 1. The van der Waals surface area contributed by atoms with Crippen LogP contribution in [-0.4, -0.2) is 24.0 Å². The number of fused-ring (bicyclic) bond motifs is 1. The molecule has 0 radical (unpaired) electrons. The van der Waals surface area contributed by atoms with Crippen LogP contribution < -0.4 is 10.6 Å². The van der Waals surface area contributed by atoms with Gasteiger partial charge in [0.2, 0.25) is 5.91 Å². The molecule has 0 saturated carbocycles. The molecule has 4 rings (SSSR count). The Labute approximate surface area is 152 Å². The lowest BCUT2D eigenvalue weighted by atomic mass is 10.1. The highest BCUT2D eigenvalue weighted by molar-refractivity contribution is 6.34. The van der Waals surface area contributed by atoms with Crippen LogP contribution in [-0.2, 0) is 4.79 Å². The highest BCUT2D eigenvalue weighted by Gasteiger charge is 2.22. The van der Waals surface area contributed by atoms with Gasteiger partial charge in [0.25, 0.3) is 0 Å². The van der Waals surface area contributed by atoms with Crippen LogP contribution >= 0.6 is 11.6 Å². The molecule has 3 aromatic rings. The lowest BCUT2D eigenvalue weighted by molar-refractivity contribution is -0.119. The Morgan fingerprint density at radius 3 is 2.40 bits per heavy atom. The number of hydrogen-bond donors (Lipinski definition) is 2. The fourth-order valence-electron chi connectivity index (χ4n) is 2.78. The minimum absolute atomic E-state index is 0.0487. The topological polar surface area (TPSA) is 54.0 Å². The summed E-state index contributed by atoms with van der Waals surface area (Å²) in [6, 6.07) is 19.5. The first-order valence-electron chi connectivity index (χ1n) is 8.30. The van der Waals surface area contributed by atoms with Gasteiger partial charge in [-0.3, -0.25) is 4.79 Å². The smallest absolute Gasteiger partial charge is 0.228 e. The van der Waals surface area contributed by atoms with Crippen LogP contribution in [0.3, 0.4) is 0 Å². The van der Waals surface area contributed by atoms with Gasteiger partial charge in [0.05, 0.1) is 5.92 Å². The van der Waals surface area contributed by atoms with Crippen LogP contribution in [0.1, 0.15) is 6.42 Å². The molecule has 5 heteroatoms. The van der Waals surface area contributed by atoms with Crippen molar-refractivity contribution in [1.82, 2.24) is 10.3 Å². The summed E-state index contributed by atoms with van der Waals surface area (Å²) in [6.45, 7) is 1.66. The number of halogens is 1. The van der Waals surface area contributed by atoms with Gasteiger partial charge < -0.3 is 10.6 Å². The number of rotatable bonds is 2. The molecule has 1 aliphatic heterocycles. The van der Waals surface area contributed by atoms with Gasteiger partial charge in [-0.25, -0.2) is 4.98 Å². The Kier molecular flexibility index (Phi) is 5.99. The maximum atomic E-state index is 12.1. The molecule has 1 atom stereocenters. The Bertz CT molecular complexity index is 806. The Morgan fingerprint density at radius 1 is 1.04 bits per heavy atom. The second kappa shape index (κ2) is 8.60. The molecular formula is C20H20ClN3O. The summed E-state index contributed by atoms with van der Waals surface area (Å²) in [7, 11) is 0. The molecule has 25 heavy (non-hydrogen) atoms. The maximum Gasteiger partial charge on any atom is 0.228 e. The second-order valence-electron chi connectivity index (χ2n) is 5.84. The molecule has 2 aromatic carbocycles. The highest BCUT2D eigenvalue weighted by Crippen LogP contribution is 2.27. The monoisotopic (exact) mass is 353 g/mol. The van der Waals surface area contributed by atoms with Crippen molar-refractivity contribution in [2.24, 2.45) is 5.92 Å². The van der Waals surface area contributed by atoms with E-state index in [-0.39, 0.29) is 11.8 Å². The summed E-state index contributed by atoms with van der Waals surface area (Å²) in [5.74, 6) is 0.109. The van der Waals surface area contributed by atoms with E-state index in [1.54, 1.807) is 6.20 Å². The van der Waals surface area contributed by atoms with E-state index < -0.39 is 0 Å². The molecule has 2 heterocycles. The van der Waals surface area contributed by atoms with Gasteiger partial charge in [-0.1, -0.05) is 60.1 Å². The Balaban J connectivity index is 0.000000258. The molecule has 1 aromatic heterocycles. The first-order valence-corrected chi connectivity index (χ1v) is 8.68. The minimum atomic E-state index is 0.0487. The van der Waals surface area contributed by atoms with E-state index in [4.69, 9.17) is 11.6 Å². The van der Waals surface area contributed by atoms with Crippen molar-refractivity contribution >= 4 is 34.0 Å². The third kappa shape index (κ3) is 4.56. The second-order valence-corrected chi connectivity index (χ2v) is 6.19. The molecule has 0 aliphatic carbocycles. The number of carbonyl (C=O) groups excluding carboxylic acids is 1. The third-order valence-electron chi connectivity index (χ3n) is 4.11. The van der Waals surface area contributed by atoms with Gasteiger partial charge >= 0.3 is 0 Å². The SMILES string of the molecule is O=C(Nc1cccc2c(Cl)nccc12)[C@@H]1CCNC1.c1ccccc1. The molecule has 128 valence electrons. The number of hydrogen-bond acceptors (Lipinski definition) is 3. The van der Waals surface area contributed by atoms with Crippen LogP contribution in [0.15, 0.2) is 66.9 Å². The van der Waals surface area contributed by atoms with Crippen LogP contribution in [0.5, 0.6) is 0 Å². The first kappa shape index (κ1) is 17.4. The van der Waals surface area contributed by atoms with Crippen molar-refractivity contribution in [3.8, 4) is 0 Å². The first-order chi connectivity index (χ1) is 12.3. The van der Waals surface area contributed by atoms with Crippen LogP contribution in [0.4, 0.5) is 5.69 Å². The lowest BCUT2D eigenvalue weighted by Gasteiger charge is -2.12. The maximum absolute atomic E-state index is 12.1. The zero-order chi connectivity index (χ0) is 17.5. The standard InChI is InChI=1S/C14H14ClN3O.C6H6/c15-13-11-2-1-3-12(10(11)5-7-17-13)18-14(19)9-4-6-16-8-9;1-2-4-6-5-3-1/h1-3,5,7,9,16H,4,6,8H2,(H,18,19);1-6H/t9-;/m1./s1. The average molecular weight is 354 g/mol. The third-order valence-corrected chi connectivity index (χ3v) is 4.41. The fourth-order valence-corrected chi connectivity index (χ4v) is 3.00. The predicted molar refractivity (Wildman–Crippen MR) is 103 cm³/mol. The molecule has 1 aliphatic rings. The zero-order valence-electron chi connectivity index (χ0n) is 13.8. The molecule has 4 nitrogen and oxygen atoms in total. The summed E-state index contributed by atoms with van der Waals surface area (Å²) in [5.41, 5.74) is 0.790. The zero-order valence-corrected chi connectivity index (χ0v) is 14.5. The van der Waals surface area contributed by atoms with Crippen molar-refractivity contribution in [3.63, 3.8) is 0 Å². The van der Waals surface area contributed by atoms with E-state index in [0.29, 0.717) is 5.15 Å². The number of pyridine rings is 1. The minimum Gasteiger partial charge on any atom is -0.325 e. The number of amides is 1. The number of anilines is 1. The Hall–Kier alpha value is -2.43. The van der Waals surface area contributed by atoms with Gasteiger partial charge in [-0.2, -0.15) is 0 Å². The van der Waals surface area contributed by atoms with Crippen molar-refractivity contribution in [3.05, 3.63) is 72.0 Å². The van der Waals surface area contributed by atoms with Gasteiger partial charge in [0.15, 0.2) is 0 Å². The summed E-state index contributed by atoms with van der Waals surface area (Å²) in [5, 5.41) is 8.41. The van der Waals surface area contributed by atoms with E-state index in [2.05, 4.69) is 15.6 Å². The number of nitrogens with one attached hydrogen (secondary N) is 2. The van der Waals surface area contributed by atoms with E-state index in [0.717, 1.165) is 36.0 Å². The molecular weight excluding hydrogens is 334 g/mol. The van der Waals surface area contributed by atoms with Crippen molar-refractivity contribution in [1.29, 1.82) is 0 Å². The number of aromatic nitrogens is 1. The normalized spacial score (nSPS) is 16.1. The van der Waals surface area contributed by atoms with E-state index in [1.165, 1.54) is 0 Å². The van der Waals surface area contributed by atoms with Gasteiger partial charge in [0, 0.05) is 29.2 Å². The predicted octanol–water partition coefficient (Wildman–Crippen LogP) is 4.12. The highest BCUT2D eigenvalue weighted by atomic mass is 35.5. The van der Waals surface area contributed by atoms with Gasteiger partial charge in [0.1, 0.15) is 5.15 Å². The van der Waals surface area contributed by atoms with Gasteiger partial charge in [-0.05, 0) is 25.1 Å². The van der Waals surface area contributed by atoms with Crippen molar-refractivity contribution < 1.29 is 4.79 Å². The van der Waals surface area contributed by atoms with E-state index >= 15 is 0 Å². The van der Waals surface area contributed by atoms with Crippen LogP contribution in [0.2, 0.25) is 5.15 Å². The Morgan fingerprint density at radius 2 is 1.76 bits per heavy atom. The molecule has 0 bridgehead atoms. The summed E-state index contributed by atoms with van der Waals surface area (Å²) in [6.07, 6.45) is 2.54. The summed E-state index contributed by atoms with van der Waals surface area (Å²) < 4.78 is 0. The quantitative estimate of drug-likeness (QED) is 0.681. The van der Waals surface area contributed by atoms with Crippen molar-refractivity contribution in [2.45, 2.75) is 6.42 Å². The molecule has 1 saturated heterocycles. The average Bonchev–Trinajstić information content (AvgIpc) is 3.20. The molecule has 2 N–H and O–H groups in total. The fraction of sp³-hybridized carbons (Fsp3) is 0.200. The summed E-state index contributed by atoms with van der Waals surface area (Å²) >= 11 is 6.06. The largest absolute Gasteiger partial charge is 0.325 e. The van der Waals surface area contributed by atoms with Crippen LogP contribution in [0.25, 0.3) is 10.8 Å². The summed E-state index contributed by atoms with van der Waals surface area (Å²) in [4.78, 5) is 16.2. The van der Waals surface area contributed by atoms with Crippen molar-refractivity contribution in [2.75, 3.05) is 18.4 Å². The number of benzene rings is 2. The lowest BCUT2D eigenvalue weighted by Crippen LogP contribution is -2.24.